The summed E-state index contributed by atoms with van der Waals surface area (Å²) in [6.07, 6.45) is 1.50. The van der Waals surface area contributed by atoms with Gasteiger partial charge in [-0.2, -0.15) is 0 Å². The number of amides is 1. The highest BCUT2D eigenvalue weighted by molar-refractivity contribution is 6.09. The first kappa shape index (κ1) is 21.2. The molecule has 0 bridgehead atoms. The Morgan fingerprint density at radius 2 is 1.75 bits per heavy atom. The highest BCUT2D eigenvalue weighted by Gasteiger charge is 2.20. The SMILES string of the molecule is O=C(c1ccccc1)c1ccc(NCc2cccc(CN3CCCC3=O)c2)c([N+](=O)[O-])c1. The smallest absolute Gasteiger partial charge is 0.293 e. The number of anilines is 1. The van der Waals surface area contributed by atoms with Gasteiger partial charge in [-0.25, -0.2) is 0 Å². The number of nitro groups is 1. The van der Waals surface area contributed by atoms with Gasteiger partial charge in [0.05, 0.1) is 4.92 Å². The van der Waals surface area contributed by atoms with Crippen molar-refractivity contribution in [1.29, 1.82) is 0 Å². The topological polar surface area (TPSA) is 92.6 Å². The predicted molar refractivity (Wildman–Crippen MR) is 121 cm³/mol. The van der Waals surface area contributed by atoms with Crippen LogP contribution in [0.5, 0.6) is 0 Å². The average Bonchev–Trinajstić information content (AvgIpc) is 3.22. The molecule has 0 saturated carbocycles. The van der Waals surface area contributed by atoms with Gasteiger partial charge in [-0.05, 0) is 29.7 Å². The summed E-state index contributed by atoms with van der Waals surface area (Å²) in [5, 5.41) is 14.8. The fourth-order valence-electron chi connectivity index (χ4n) is 3.86. The maximum atomic E-state index is 12.6. The Labute approximate surface area is 185 Å². The molecule has 0 aromatic heterocycles. The number of carbonyl (C=O) groups is 2. The molecule has 4 rings (SSSR count). The van der Waals surface area contributed by atoms with E-state index in [-0.39, 0.29) is 22.9 Å². The number of hydrogen-bond donors (Lipinski definition) is 1. The van der Waals surface area contributed by atoms with Gasteiger partial charge in [0.25, 0.3) is 5.69 Å². The van der Waals surface area contributed by atoms with Crippen LogP contribution in [0.2, 0.25) is 0 Å². The Bertz CT molecular complexity index is 1160. The Balaban J connectivity index is 1.48. The maximum Gasteiger partial charge on any atom is 0.293 e. The summed E-state index contributed by atoms with van der Waals surface area (Å²) in [6.45, 7) is 1.74. The van der Waals surface area contributed by atoms with Crippen LogP contribution in [0.15, 0.2) is 72.8 Å². The molecule has 7 heteroatoms. The minimum absolute atomic E-state index is 0.148. The minimum atomic E-state index is -0.487. The van der Waals surface area contributed by atoms with Gasteiger partial charge >= 0.3 is 0 Å². The van der Waals surface area contributed by atoms with E-state index in [0.29, 0.717) is 30.8 Å². The Morgan fingerprint density at radius 1 is 0.969 bits per heavy atom. The molecule has 1 fully saturated rings. The van der Waals surface area contributed by atoms with Crippen LogP contribution < -0.4 is 5.32 Å². The third kappa shape index (κ3) is 4.83. The normalized spacial score (nSPS) is 13.2. The van der Waals surface area contributed by atoms with Crippen LogP contribution in [-0.4, -0.2) is 28.1 Å². The van der Waals surface area contributed by atoms with Gasteiger partial charge in [-0.3, -0.25) is 19.7 Å². The molecule has 1 amide bonds. The molecule has 0 spiro atoms. The molecule has 0 unspecified atom stereocenters. The quantitative estimate of drug-likeness (QED) is 0.322. The summed E-state index contributed by atoms with van der Waals surface area (Å²) in [5.74, 6) is -0.0845. The summed E-state index contributed by atoms with van der Waals surface area (Å²) >= 11 is 0. The molecule has 3 aromatic rings. The molecule has 1 aliphatic rings. The van der Waals surface area contributed by atoms with Gasteiger partial charge < -0.3 is 10.2 Å². The van der Waals surface area contributed by atoms with E-state index in [1.165, 1.54) is 6.07 Å². The molecule has 7 nitrogen and oxygen atoms in total. The van der Waals surface area contributed by atoms with Crippen LogP contribution in [0.4, 0.5) is 11.4 Å². The van der Waals surface area contributed by atoms with Crippen molar-refractivity contribution in [3.63, 3.8) is 0 Å². The number of rotatable bonds is 8. The minimum Gasteiger partial charge on any atom is -0.375 e. The molecular weight excluding hydrogens is 406 g/mol. The van der Waals surface area contributed by atoms with E-state index in [0.717, 1.165) is 24.1 Å². The number of nitrogens with one attached hydrogen (secondary N) is 1. The molecule has 1 aliphatic heterocycles. The fraction of sp³-hybridized carbons (Fsp3) is 0.200. The van der Waals surface area contributed by atoms with Gasteiger partial charge in [-0.1, -0.05) is 54.6 Å². The maximum absolute atomic E-state index is 12.6. The van der Waals surface area contributed by atoms with E-state index >= 15 is 0 Å². The molecule has 1 saturated heterocycles. The zero-order chi connectivity index (χ0) is 22.5. The molecule has 162 valence electrons. The zero-order valence-corrected chi connectivity index (χ0v) is 17.5. The number of likely N-dealkylation sites (tertiary alicyclic amines) is 1. The van der Waals surface area contributed by atoms with Crippen molar-refractivity contribution in [2.75, 3.05) is 11.9 Å². The first-order valence-electron chi connectivity index (χ1n) is 10.5. The van der Waals surface area contributed by atoms with Crippen molar-refractivity contribution in [2.24, 2.45) is 0 Å². The summed E-state index contributed by atoms with van der Waals surface area (Å²) < 4.78 is 0. The van der Waals surface area contributed by atoms with Crippen molar-refractivity contribution < 1.29 is 14.5 Å². The van der Waals surface area contributed by atoms with Gasteiger partial charge in [0.1, 0.15) is 5.69 Å². The number of benzene rings is 3. The largest absolute Gasteiger partial charge is 0.375 e. The van der Waals surface area contributed by atoms with Gasteiger partial charge in [0.15, 0.2) is 5.78 Å². The van der Waals surface area contributed by atoms with Crippen LogP contribution in [0.25, 0.3) is 0 Å². The number of carbonyl (C=O) groups excluding carboxylic acids is 2. The highest BCUT2D eigenvalue weighted by atomic mass is 16.6. The lowest BCUT2D eigenvalue weighted by Crippen LogP contribution is -2.23. The Morgan fingerprint density at radius 3 is 2.47 bits per heavy atom. The van der Waals surface area contributed by atoms with E-state index in [9.17, 15) is 19.7 Å². The molecule has 32 heavy (non-hydrogen) atoms. The first-order valence-corrected chi connectivity index (χ1v) is 10.5. The van der Waals surface area contributed by atoms with Crippen LogP contribution in [0.3, 0.4) is 0 Å². The fourth-order valence-corrected chi connectivity index (χ4v) is 3.86. The average molecular weight is 429 g/mol. The van der Waals surface area contributed by atoms with E-state index in [4.69, 9.17) is 0 Å². The monoisotopic (exact) mass is 429 g/mol. The van der Waals surface area contributed by atoms with Crippen molar-refractivity contribution in [1.82, 2.24) is 4.90 Å². The van der Waals surface area contributed by atoms with Crippen molar-refractivity contribution in [3.05, 3.63) is 105 Å². The first-order chi connectivity index (χ1) is 15.5. The predicted octanol–water partition coefficient (Wildman–Crippen LogP) is 4.56. The number of ketones is 1. The lowest BCUT2D eigenvalue weighted by atomic mass is 10.0. The van der Waals surface area contributed by atoms with Crippen LogP contribution >= 0.6 is 0 Å². The van der Waals surface area contributed by atoms with Crippen LogP contribution in [0, 0.1) is 10.1 Å². The van der Waals surface area contributed by atoms with Crippen LogP contribution in [-0.2, 0) is 17.9 Å². The number of nitrogens with zero attached hydrogens (tertiary/aromatic N) is 2. The molecule has 3 aromatic carbocycles. The van der Waals surface area contributed by atoms with E-state index in [1.807, 2.05) is 35.2 Å². The molecular formula is C25H23N3O4. The summed E-state index contributed by atoms with van der Waals surface area (Å²) in [6, 6.07) is 21.0. The zero-order valence-electron chi connectivity index (χ0n) is 17.5. The van der Waals surface area contributed by atoms with Gasteiger partial charge in [0.2, 0.25) is 5.91 Å². The van der Waals surface area contributed by atoms with E-state index < -0.39 is 4.92 Å². The molecule has 0 atom stereocenters. The molecule has 0 aliphatic carbocycles. The Kier molecular flexibility index (Phi) is 6.26. The second-order valence-electron chi connectivity index (χ2n) is 7.78. The lowest BCUT2D eigenvalue weighted by molar-refractivity contribution is -0.384. The second-order valence-corrected chi connectivity index (χ2v) is 7.78. The van der Waals surface area contributed by atoms with Crippen LogP contribution in [0.1, 0.15) is 39.9 Å². The summed E-state index contributed by atoms with van der Waals surface area (Å²) in [4.78, 5) is 37.5. The molecule has 1 heterocycles. The van der Waals surface area contributed by atoms with E-state index in [2.05, 4.69) is 5.32 Å². The van der Waals surface area contributed by atoms with E-state index in [1.54, 1.807) is 36.4 Å². The van der Waals surface area contributed by atoms with Crippen molar-refractivity contribution in [3.8, 4) is 0 Å². The van der Waals surface area contributed by atoms with Crippen molar-refractivity contribution in [2.45, 2.75) is 25.9 Å². The number of hydrogen-bond acceptors (Lipinski definition) is 5. The van der Waals surface area contributed by atoms with Gasteiger partial charge in [0, 0.05) is 43.2 Å². The van der Waals surface area contributed by atoms with Crippen molar-refractivity contribution >= 4 is 23.1 Å². The number of nitro benzene ring substituents is 1. The molecule has 1 N–H and O–H groups in total. The Hall–Kier alpha value is -4.00. The summed E-state index contributed by atoms with van der Waals surface area (Å²) in [5.41, 5.74) is 2.93. The lowest BCUT2D eigenvalue weighted by Gasteiger charge is -2.16. The third-order valence-corrected chi connectivity index (χ3v) is 5.51. The third-order valence-electron chi connectivity index (χ3n) is 5.51. The summed E-state index contributed by atoms with van der Waals surface area (Å²) in [7, 11) is 0. The standard InChI is InChI=1S/C25H23N3O4/c29-24-10-5-13-27(24)17-19-7-4-6-18(14-19)16-26-22-12-11-21(15-23(22)28(31)32)25(30)20-8-2-1-3-9-20/h1-4,6-9,11-12,14-15,26H,5,10,13,16-17H2. The van der Waals surface area contributed by atoms with Gasteiger partial charge in [-0.15, -0.1) is 0 Å². The highest BCUT2D eigenvalue weighted by Crippen LogP contribution is 2.27. The second kappa shape index (κ2) is 9.43. The molecule has 0 radical (unpaired) electrons.